The molecular weight excluding hydrogens is 265 g/mol. The third-order valence-corrected chi connectivity index (χ3v) is 3.30. The average molecular weight is 276 g/mol. The van der Waals surface area contributed by atoms with Gasteiger partial charge in [-0.2, -0.15) is 5.10 Å². The first-order valence-corrected chi connectivity index (χ1v) is 6.04. The number of hydrogen-bond acceptors (Lipinski definition) is 1. The zero-order valence-electron chi connectivity index (χ0n) is 10.9. The van der Waals surface area contributed by atoms with Gasteiger partial charge >= 0.3 is 0 Å². The molecule has 0 aliphatic heterocycles. The van der Waals surface area contributed by atoms with Crippen molar-refractivity contribution >= 4 is 10.9 Å². The van der Waals surface area contributed by atoms with E-state index in [9.17, 15) is 13.2 Å². The lowest BCUT2D eigenvalue weighted by Crippen LogP contribution is -1.92. The van der Waals surface area contributed by atoms with Crippen LogP contribution in [0.4, 0.5) is 13.2 Å². The van der Waals surface area contributed by atoms with E-state index < -0.39 is 17.5 Å². The number of aromatic nitrogens is 2. The summed E-state index contributed by atoms with van der Waals surface area (Å²) in [5, 5.41) is 4.80. The van der Waals surface area contributed by atoms with E-state index in [2.05, 4.69) is 5.10 Å². The number of nitrogens with zero attached hydrogens (tertiary/aromatic N) is 2. The lowest BCUT2D eigenvalue weighted by atomic mass is 10.0. The van der Waals surface area contributed by atoms with E-state index in [-0.39, 0.29) is 16.7 Å². The predicted molar refractivity (Wildman–Crippen MR) is 70.8 cm³/mol. The van der Waals surface area contributed by atoms with Crippen molar-refractivity contribution in [3.8, 4) is 11.1 Å². The van der Waals surface area contributed by atoms with Crippen LogP contribution >= 0.6 is 0 Å². The molecule has 0 spiro atoms. The van der Waals surface area contributed by atoms with Crippen molar-refractivity contribution in [1.29, 1.82) is 0 Å². The normalized spacial score (nSPS) is 11.2. The smallest absolute Gasteiger partial charge is 0.133 e. The highest BCUT2D eigenvalue weighted by Crippen LogP contribution is 2.29. The van der Waals surface area contributed by atoms with Gasteiger partial charge in [-0.25, -0.2) is 13.2 Å². The fourth-order valence-electron chi connectivity index (χ4n) is 2.19. The second-order valence-electron chi connectivity index (χ2n) is 4.76. The first-order valence-electron chi connectivity index (χ1n) is 6.04. The standard InChI is InChI=1S/C15H11F3N2/c1-8-12(16)4-9(5-13(8)17)11-3-10-7-20(2)19-15(10)6-14(11)18/h3-7H,1-2H3. The molecule has 0 bridgehead atoms. The summed E-state index contributed by atoms with van der Waals surface area (Å²) in [6.07, 6.45) is 1.72. The summed E-state index contributed by atoms with van der Waals surface area (Å²) in [6, 6.07) is 5.08. The summed E-state index contributed by atoms with van der Waals surface area (Å²) in [4.78, 5) is 0. The zero-order chi connectivity index (χ0) is 14.4. The summed E-state index contributed by atoms with van der Waals surface area (Å²) in [5.41, 5.74) is 0.760. The molecular formula is C15H11F3N2. The van der Waals surface area contributed by atoms with E-state index in [1.54, 1.807) is 24.0 Å². The number of rotatable bonds is 1. The molecule has 20 heavy (non-hydrogen) atoms. The van der Waals surface area contributed by atoms with E-state index in [4.69, 9.17) is 0 Å². The molecule has 0 radical (unpaired) electrons. The Bertz CT molecular complexity index is 798. The quantitative estimate of drug-likeness (QED) is 0.657. The molecule has 0 aliphatic carbocycles. The van der Waals surface area contributed by atoms with Gasteiger partial charge in [-0.1, -0.05) is 0 Å². The van der Waals surface area contributed by atoms with Gasteiger partial charge in [0.05, 0.1) is 5.52 Å². The lowest BCUT2D eigenvalue weighted by molar-refractivity contribution is 0.568. The Hall–Kier alpha value is -2.30. The molecule has 0 aliphatic rings. The Balaban J connectivity index is 2.25. The topological polar surface area (TPSA) is 17.8 Å². The molecule has 5 heteroatoms. The van der Waals surface area contributed by atoms with Gasteiger partial charge in [-0.15, -0.1) is 0 Å². The van der Waals surface area contributed by atoms with Crippen LogP contribution in [-0.4, -0.2) is 9.78 Å². The van der Waals surface area contributed by atoms with E-state index in [1.165, 1.54) is 13.0 Å². The van der Waals surface area contributed by atoms with Gasteiger partial charge in [0, 0.05) is 35.8 Å². The maximum absolute atomic E-state index is 14.1. The van der Waals surface area contributed by atoms with Crippen molar-refractivity contribution in [1.82, 2.24) is 9.78 Å². The van der Waals surface area contributed by atoms with Gasteiger partial charge in [0.25, 0.3) is 0 Å². The fourth-order valence-corrected chi connectivity index (χ4v) is 2.19. The minimum Gasteiger partial charge on any atom is -0.275 e. The van der Waals surface area contributed by atoms with Crippen LogP contribution in [0.5, 0.6) is 0 Å². The maximum atomic E-state index is 14.1. The summed E-state index contributed by atoms with van der Waals surface area (Å²) in [7, 11) is 1.72. The third-order valence-electron chi connectivity index (χ3n) is 3.30. The molecule has 2 nitrogen and oxygen atoms in total. The minimum absolute atomic E-state index is 0.0726. The molecule has 0 atom stereocenters. The Labute approximate surface area is 113 Å². The third kappa shape index (κ3) is 1.95. The molecule has 2 aromatic carbocycles. The summed E-state index contributed by atoms with van der Waals surface area (Å²) >= 11 is 0. The van der Waals surface area contributed by atoms with Gasteiger partial charge in [-0.05, 0) is 30.7 Å². The molecule has 102 valence electrons. The number of fused-ring (bicyclic) bond motifs is 1. The monoisotopic (exact) mass is 276 g/mol. The van der Waals surface area contributed by atoms with E-state index >= 15 is 0 Å². The lowest BCUT2D eigenvalue weighted by Gasteiger charge is -2.06. The van der Waals surface area contributed by atoms with Crippen LogP contribution < -0.4 is 0 Å². The zero-order valence-corrected chi connectivity index (χ0v) is 10.9. The summed E-state index contributed by atoms with van der Waals surface area (Å²) in [6.45, 7) is 1.34. The van der Waals surface area contributed by atoms with Gasteiger partial charge in [-0.3, -0.25) is 4.68 Å². The highest BCUT2D eigenvalue weighted by Gasteiger charge is 2.13. The average Bonchev–Trinajstić information content (AvgIpc) is 2.73. The van der Waals surface area contributed by atoms with Crippen molar-refractivity contribution in [2.45, 2.75) is 6.92 Å². The summed E-state index contributed by atoms with van der Waals surface area (Å²) < 4.78 is 42.8. The predicted octanol–water partition coefficient (Wildman–Crippen LogP) is 3.97. The van der Waals surface area contributed by atoms with Gasteiger partial charge in [0.15, 0.2) is 0 Å². The van der Waals surface area contributed by atoms with Crippen LogP contribution in [0, 0.1) is 24.4 Å². The molecule has 0 N–H and O–H groups in total. The van der Waals surface area contributed by atoms with Crippen LogP contribution in [0.25, 0.3) is 22.0 Å². The Morgan fingerprint density at radius 3 is 2.25 bits per heavy atom. The van der Waals surface area contributed by atoms with Gasteiger partial charge < -0.3 is 0 Å². The van der Waals surface area contributed by atoms with Crippen molar-refractivity contribution in [2.24, 2.45) is 7.05 Å². The number of aryl methyl sites for hydroxylation is 1. The largest absolute Gasteiger partial charge is 0.275 e. The molecule has 1 aromatic heterocycles. The number of halogens is 3. The fraction of sp³-hybridized carbons (Fsp3) is 0.133. The highest BCUT2D eigenvalue weighted by molar-refractivity contribution is 5.84. The Kier molecular flexibility index (Phi) is 2.78. The van der Waals surface area contributed by atoms with Crippen molar-refractivity contribution in [3.63, 3.8) is 0 Å². The van der Waals surface area contributed by atoms with Crippen LogP contribution in [0.15, 0.2) is 30.5 Å². The molecule has 0 saturated carbocycles. The molecule has 0 saturated heterocycles. The molecule has 0 unspecified atom stereocenters. The molecule has 0 amide bonds. The second-order valence-corrected chi connectivity index (χ2v) is 4.76. The Morgan fingerprint density at radius 1 is 0.950 bits per heavy atom. The van der Waals surface area contributed by atoms with Crippen LogP contribution in [0.3, 0.4) is 0 Å². The SMILES string of the molecule is Cc1c(F)cc(-c2cc3cn(C)nc3cc2F)cc1F. The number of hydrogen-bond donors (Lipinski definition) is 0. The molecule has 0 fully saturated rings. The number of benzene rings is 2. The summed E-state index contributed by atoms with van der Waals surface area (Å²) in [5.74, 6) is -1.93. The van der Waals surface area contributed by atoms with Crippen molar-refractivity contribution < 1.29 is 13.2 Å². The highest BCUT2D eigenvalue weighted by atomic mass is 19.1. The minimum atomic E-state index is -0.689. The molecule has 3 rings (SSSR count). The van der Waals surface area contributed by atoms with Gasteiger partial charge in [0.1, 0.15) is 17.5 Å². The van der Waals surface area contributed by atoms with E-state index in [0.29, 0.717) is 10.9 Å². The first kappa shape index (κ1) is 12.7. The molecule has 1 heterocycles. The second kappa shape index (κ2) is 4.37. The van der Waals surface area contributed by atoms with E-state index in [1.807, 2.05) is 0 Å². The van der Waals surface area contributed by atoms with E-state index in [0.717, 1.165) is 12.1 Å². The van der Waals surface area contributed by atoms with Crippen molar-refractivity contribution in [2.75, 3.05) is 0 Å². The Morgan fingerprint density at radius 2 is 1.60 bits per heavy atom. The van der Waals surface area contributed by atoms with Gasteiger partial charge in [0.2, 0.25) is 0 Å². The first-order chi connectivity index (χ1) is 9.45. The maximum Gasteiger partial charge on any atom is 0.133 e. The van der Waals surface area contributed by atoms with Crippen LogP contribution in [0.2, 0.25) is 0 Å². The van der Waals surface area contributed by atoms with Crippen LogP contribution in [0.1, 0.15) is 5.56 Å². The molecule has 3 aromatic rings. The van der Waals surface area contributed by atoms with Crippen molar-refractivity contribution in [3.05, 3.63) is 53.5 Å². The van der Waals surface area contributed by atoms with Crippen LogP contribution in [-0.2, 0) is 7.05 Å².